The van der Waals surface area contributed by atoms with Gasteiger partial charge >= 0.3 is 12.6 Å². The number of Topliss-reactive ketones (excluding diaryl/α,β-unsaturated/α-hetero) is 1. The molecule has 25 heavy (non-hydrogen) atoms. The Morgan fingerprint density at radius 1 is 1.00 bits per heavy atom. The van der Waals surface area contributed by atoms with E-state index < -0.39 is 25.0 Å². The fourth-order valence-electron chi connectivity index (χ4n) is 1.79. The molecule has 0 radical (unpaired) electrons. The number of carbonyl (C=O) groups is 2. The van der Waals surface area contributed by atoms with Crippen LogP contribution in [-0.4, -0.2) is 31.6 Å². The Kier molecular flexibility index (Phi) is 6.88. The molecular weight excluding hydrogens is 402 g/mol. The highest BCUT2D eigenvalue weighted by Gasteiger charge is 2.12. The van der Waals surface area contributed by atoms with E-state index in [-0.39, 0.29) is 17.9 Å². The number of hydrogen-bond donors (Lipinski definition) is 0. The Hall–Kier alpha value is -2.48. The van der Waals surface area contributed by atoms with Crippen LogP contribution in [0.1, 0.15) is 10.4 Å². The van der Waals surface area contributed by atoms with Gasteiger partial charge in [0.1, 0.15) is 11.5 Å². The minimum Gasteiger partial charge on any atom is -0.482 e. The second-order valence-electron chi connectivity index (χ2n) is 4.73. The van der Waals surface area contributed by atoms with E-state index in [4.69, 9.17) is 9.47 Å². The molecule has 0 bridgehead atoms. The van der Waals surface area contributed by atoms with Crippen LogP contribution in [0.4, 0.5) is 8.78 Å². The van der Waals surface area contributed by atoms with Crippen LogP contribution in [0.15, 0.2) is 53.0 Å². The maximum Gasteiger partial charge on any atom is 0.387 e. The van der Waals surface area contributed by atoms with Crippen molar-refractivity contribution < 1.29 is 32.6 Å². The van der Waals surface area contributed by atoms with E-state index >= 15 is 0 Å². The predicted molar refractivity (Wildman–Crippen MR) is 88.0 cm³/mol. The summed E-state index contributed by atoms with van der Waals surface area (Å²) in [6.07, 6.45) is 0. The maximum absolute atomic E-state index is 12.0. The van der Waals surface area contributed by atoms with Crippen molar-refractivity contribution in [2.45, 2.75) is 6.61 Å². The normalized spacial score (nSPS) is 10.4. The van der Waals surface area contributed by atoms with E-state index in [0.717, 1.165) is 4.47 Å². The molecule has 132 valence electrons. The molecule has 0 saturated carbocycles. The number of hydrogen-bond acceptors (Lipinski definition) is 5. The van der Waals surface area contributed by atoms with Crippen molar-refractivity contribution in [1.82, 2.24) is 0 Å². The maximum atomic E-state index is 12.0. The molecule has 0 saturated heterocycles. The summed E-state index contributed by atoms with van der Waals surface area (Å²) in [6, 6.07) is 12.0. The van der Waals surface area contributed by atoms with Gasteiger partial charge in [-0.1, -0.05) is 22.0 Å². The van der Waals surface area contributed by atoms with Gasteiger partial charge in [-0.3, -0.25) is 4.79 Å². The molecule has 0 N–H and O–H groups in total. The van der Waals surface area contributed by atoms with Crippen LogP contribution in [0.25, 0.3) is 0 Å². The molecule has 0 aliphatic heterocycles. The minimum atomic E-state index is -2.94. The highest BCUT2D eigenvalue weighted by Crippen LogP contribution is 2.18. The molecule has 0 fully saturated rings. The molecule has 2 aromatic carbocycles. The summed E-state index contributed by atoms with van der Waals surface area (Å²) < 4.78 is 39.1. The molecule has 0 unspecified atom stereocenters. The smallest absolute Gasteiger partial charge is 0.387 e. The first kappa shape index (κ1) is 18.9. The Bertz CT molecular complexity index is 734. The van der Waals surface area contributed by atoms with Crippen molar-refractivity contribution in [1.29, 1.82) is 0 Å². The lowest BCUT2D eigenvalue weighted by Gasteiger charge is -2.08. The van der Waals surface area contributed by atoms with Gasteiger partial charge in [0, 0.05) is 10.0 Å². The third-order valence-electron chi connectivity index (χ3n) is 2.92. The van der Waals surface area contributed by atoms with Crippen LogP contribution in [0, 0.1) is 0 Å². The minimum absolute atomic E-state index is 0.0639. The van der Waals surface area contributed by atoms with E-state index in [2.05, 4.69) is 20.7 Å². The van der Waals surface area contributed by atoms with Crippen LogP contribution in [0.3, 0.4) is 0 Å². The molecule has 2 aromatic rings. The van der Waals surface area contributed by atoms with Crippen LogP contribution < -0.4 is 9.47 Å². The van der Waals surface area contributed by atoms with E-state index in [9.17, 15) is 18.4 Å². The number of carbonyl (C=O) groups excluding carboxylic acids is 2. The standard InChI is InChI=1S/C17H13BrF2O5/c18-12-2-1-3-14(8-12)23-10-16(22)24-9-15(21)11-4-6-13(7-5-11)25-17(19)20/h1-8,17H,9-10H2. The largest absolute Gasteiger partial charge is 0.482 e. The zero-order chi connectivity index (χ0) is 18.2. The SMILES string of the molecule is O=C(COc1cccc(Br)c1)OCC(=O)c1ccc(OC(F)F)cc1. The predicted octanol–water partition coefficient (Wildman–Crippen LogP) is 3.86. The van der Waals surface area contributed by atoms with E-state index in [1.54, 1.807) is 18.2 Å². The average Bonchev–Trinajstić information content (AvgIpc) is 2.58. The summed E-state index contributed by atoms with van der Waals surface area (Å²) in [5, 5.41) is 0. The number of benzene rings is 2. The highest BCUT2D eigenvalue weighted by molar-refractivity contribution is 9.10. The molecule has 0 spiro atoms. The van der Waals surface area contributed by atoms with Gasteiger partial charge in [0.25, 0.3) is 0 Å². The third kappa shape index (κ3) is 6.50. The van der Waals surface area contributed by atoms with Gasteiger partial charge in [-0.2, -0.15) is 8.78 Å². The molecule has 8 heteroatoms. The van der Waals surface area contributed by atoms with Gasteiger partial charge in [0.2, 0.25) is 0 Å². The molecular formula is C17H13BrF2O5. The van der Waals surface area contributed by atoms with Crippen LogP contribution in [0.5, 0.6) is 11.5 Å². The summed E-state index contributed by atoms with van der Waals surface area (Å²) >= 11 is 3.27. The zero-order valence-electron chi connectivity index (χ0n) is 12.8. The summed E-state index contributed by atoms with van der Waals surface area (Å²) in [7, 11) is 0. The van der Waals surface area contributed by atoms with Gasteiger partial charge in [-0.25, -0.2) is 4.79 Å². The summed E-state index contributed by atoms with van der Waals surface area (Å²) in [5.41, 5.74) is 0.210. The van der Waals surface area contributed by atoms with Crippen molar-refractivity contribution in [3.63, 3.8) is 0 Å². The highest BCUT2D eigenvalue weighted by atomic mass is 79.9. The van der Waals surface area contributed by atoms with E-state index in [1.807, 2.05) is 6.07 Å². The zero-order valence-corrected chi connectivity index (χ0v) is 14.4. The Morgan fingerprint density at radius 3 is 2.36 bits per heavy atom. The molecule has 0 aliphatic carbocycles. The quantitative estimate of drug-likeness (QED) is 0.484. The second-order valence-corrected chi connectivity index (χ2v) is 5.65. The number of ether oxygens (including phenoxy) is 3. The van der Waals surface area contributed by atoms with E-state index in [1.165, 1.54) is 24.3 Å². The Balaban J connectivity index is 1.78. The lowest BCUT2D eigenvalue weighted by atomic mass is 10.1. The lowest BCUT2D eigenvalue weighted by molar-refractivity contribution is -0.144. The van der Waals surface area contributed by atoms with Crippen LogP contribution in [0.2, 0.25) is 0 Å². The van der Waals surface area contributed by atoms with Crippen molar-refractivity contribution in [3.05, 3.63) is 58.6 Å². The van der Waals surface area contributed by atoms with Gasteiger partial charge in [0.15, 0.2) is 19.0 Å². The van der Waals surface area contributed by atoms with Crippen molar-refractivity contribution >= 4 is 27.7 Å². The molecule has 0 heterocycles. The fourth-order valence-corrected chi connectivity index (χ4v) is 2.17. The summed E-state index contributed by atoms with van der Waals surface area (Å²) in [5.74, 6) is -0.761. The first-order valence-electron chi connectivity index (χ1n) is 7.06. The molecule has 0 aliphatic rings. The first-order valence-corrected chi connectivity index (χ1v) is 7.85. The molecule has 0 atom stereocenters. The van der Waals surface area contributed by atoms with Crippen LogP contribution >= 0.6 is 15.9 Å². The Morgan fingerprint density at radius 2 is 1.72 bits per heavy atom. The van der Waals surface area contributed by atoms with Gasteiger partial charge in [-0.05, 0) is 42.5 Å². The number of halogens is 3. The molecule has 0 amide bonds. The number of alkyl halides is 2. The fraction of sp³-hybridized carbons (Fsp3) is 0.176. The second kappa shape index (κ2) is 9.12. The first-order chi connectivity index (χ1) is 11.9. The Labute approximate surface area is 150 Å². The van der Waals surface area contributed by atoms with Gasteiger partial charge in [0.05, 0.1) is 0 Å². The average molecular weight is 415 g/mol. The molecule has 2 rings (SSSR count). The van der Waals surface area contributed by atoms with Crippen molar-refractivity contribution in [2.24, 2.45) is 0 Å². The van der Waals surface area contributed by atoms with Crippen molar-refractivity contribution in [2.75, 3.05) is 13.2 Å². The monoisotopic (exact) mass is 414 g/mol. The van der Waals surface area contributed by atoms with Gasteiger partial charge < -0.3 is 14.2 Å². The van der Waals surface area contributed by atoms with E-state index in [0.29, 0.717) is 5.75 Å². The topological polar surface area (TPSA) is 61.8 Å². The summed E-state index contributed by atoms with van der Waals surface area (Å²) in [6.45, 7) is -3.76. The van der Waals surface area contributed by atoms with Crippen LogP contribution in [-0.2, 0) is 9.53 Å². The number of ketones is 1. The van der Waals surface area contributed by atoms with Crippen molar-refractivity contribution in [3.8, 4) is 11.5 Å². The number of esters is 1. The number of rotatable bonds is 8. The third-order valence-corrected chi connectivity index (χ3v) is 3.41. The molecule has 5 nitrogen and oxygen atoms in total. The summed E-state index contributed by atoms with van der Waals surface area (Å²) in [4.78, 5) is 23.5. The lowest BCUT2D eigenvalue weighted by Crippen LogP contribution is -2.19. The van der Waals surface area contributed by atoms with Gasteiger partial charge in [-0.15, -0.1) is 0 Å². The molecule has 0 aromatic heterocycles.